The molecule has 1 heteroatoms. The largest absolute Gasteiger partial charge is 0.381 e. The minimum absolute atomic E-state index is 0.493. The van der Waals surface area contributed by atoms with E-state index in [4.69, 9.17) is 4.74 Å². The fourth-order valence-corrected chi connectivity index (χ4v) is 2.68. The molecule has 1 aliphatic heterocycles. The highest BCUT2D eigenvalue weighted by atomic mass is 16.5. The van der Waals surface area contributed by atoms with Gasteiger partial charge in [0.05, 0.1) is 6.61 Å². The van der Waals surface area contributed by atoms with Gasteiger partial charge in [-0.25, -0.2) is 0 Å². The highest BCUT2D eigenvalue weighted by molar-refractivity contribution is 4.84. The van der Waals surface area contributed by atoms with E-state index >= 15 is 0 Å². The Morgan fingerprint density at radius 1 is 1.20 bits per heavy atom. The molecule has 1 fully saturated rings. The van der Waals surface area contributed by atoms with Crippen molar-refractivity contribution in [2.45, 2.75) is 59.8 Å². The Bertz CT molecular complexity index is 166. The molecule has 0 aromatic carbocycles. The first-order valence-electron chi connectivity index (χ1n) is 6.64. The van der Waals surface area contributed by atoms with Crippen LogP contribution in [0.5, 0.6) is 0 Å². The highest BCUT2D eigenvalue weighted by Crippen LogP contribution is 2.41. The molecule has 0 radical (unpaired) electrons. The molecule has 0 aromatic rings. The van der Waals surface area contributed by atoms with Crippen molar-refractivity contribution >= 4 is 0 Å². The van der Waals surface area contributed by atoms with E-state index in [2.05, 4.69) is 27.7 Å². The van der Waals surface area contributed by atoms with Crippen LogP contribution in [0.4, 0.5) is 0 Å². The monoisotopic (exact) mass is 212 g/mol. The standard InChI is InChI=1S/C14H28O/c1-12(2)7-5-8-14(13(3)4)9-6-10-15-11-14/h12-13H,5-11H2,1-4H3. The Hall–Kier alpha value is -0.0400. The van der Waals surface area contributed by atoms with Crippen LogP contribution in [0.25, 0.3) is 0 Å². The highest BCUT2D eigenvalue weighted by Gasteiger charge is 2.35. The zero-order chi connectivity index (χ0) is 11.3. The lowest BCUT2D eigenvalue weighted by molar-refractivity contribution is -0.0409. The molecule has 1 nitrogen and oxygen atoms in total. The summed E-state index contributed by atoms with van der Waals surface area (Å²) in [5.41, 5.74) is 0.493. The molecule has 1 aliphatic rings. The summed E-state index contributed by atoms with van der Waals surface area (Å²) in [4.78, 5) is 0. The maximum absolute atomic E-state index is 5.70. The molecule has 1 saturated heterocycles. The summed E-state index contributed by atoms with van der Waals surface area (Å²) in [5.74, 6) is 1.61. The lowest BCUT2D eigenvalue weighted by atomic mass is 9.70. The minimum atomic E-state index is 0.493. The van der Waals surface area contributed by atoms with Crippen molar-refractivity contribution in [3.63, 3.8) is 0 Å². The summed E-state index contributed by atoms with van der Waals surface area (Å²) in [6, 6.07) is 0. The zero-order valence-corrected chi connectivity index (χ0v) is 11.0. The van der Waals surface area contributed by atoms with Crippen LogP contribution in [0.3, 0.4) is 0 Å². The average Bonchev–Trinajstić information content (AvgIpc) is 2.18. The van der Waals surface area contributed by atoms with Crippen LogP contribution in [0.2, 0.25) is 0 Å². The quantitative estimate of drug-likeness (QED) is 0.661. The third kappa shape index (κ3) is 3.79. The van der Waals surface area contributed by atoms with Crippen LogP contribution >= 0.6 is 0 Å². The Balaban J connectivity index is 2.42. The summed E-state index contributed by atoms with van der Waals surface area (Å²) in [7, 11) is 0. The molecule has 90 valence electrons. The molecule has 15 heavy (non-hydrogen) atoms. The number of hydrogen-bond donors (Lipinski definition) is 0. The first-order chi connectivity index (χ1) is 7.07. The maximum Gasteiger partial charge on any atom is 0.0524 e. The molecular formula is C14H28O. The average molecular weight is 212 g/mol. The molecule has 0 aliphatic carbocycles. The van der Waals surface area contributed by atoms with E-state index in [1.54, 1.807) is 0 Å². The van der Waals surface area contributed by atoms with Crippen LogP contribution in [-0.2, 0) is 4.74 Å². The third-order valence-electron chi connectivity index (χ3n) is 4.03. The number of hydrogen-bond acceptors (Lipinski definition) is 1. The van der Waals surface area contributed by atoms with Gasteiger partial charge in [-0.2, -0.15) is 0 Å². The molecule has 0 spiro atoms. The smallest absolute Gasteiger partial charge is 0.0524 e. The molecule has 1 atom stereocenters. The van der Waals surface area contributed by atoms with Crippen LogP contribution in [0.1, 0.15) is 59.8 Å². The van der Waals surface area contributed by atoms with E-state index in [0.717, 1.165) is 25.0 Å². The fraction of sp³-hybridized carbons (Fsp3) is 1.00. The van der Waals surface area contributed by atoms with Crippen LogP contribution < -0.4 is 0 Å². The molecule has 0 aromatic heterocycles. The summed E-state index contributed by atoms with van der Waals surface area (Å²) in [5, 5.41) is 0. The Labute approximate surface area is 95.6 Å². The second-order valence-electron chi connectivity index (χ2n) is 5.96. The molecule has 0 bridgehead atoms. The van der Waals surface area contributed by atoms with Gasteiger partial charge in [-0.3, -0.25) is 0 Å². The van der Waals surface area contributed by atoms with Crippen LogP contribution in [0, 0.1) is 17.3 Å². The van der Waals surface area contributed by atoms with E-state index in [1.165, 1.54) is 32.1 Å². The van der Waals surface area contributed by atoms with Gasteiger partial charge in [0.2, 0.25) is 0 Å². The first kappa shape index (κ1) is 13.0. The van der Waals surface area contributed by atoms with Crippen LogP contribution in [0.15, 0.2) is 0 Å². The summed E-state index contributed by atoms with van der Waals surface area (Å²) < 4.78 is 5.70. The predicted octanol–water partition coefficient (Wildman–Crippen LogP) is 4.27. The Kier molecular flexibility index (Phi) is 5.11. The van der Waals surface area contributed by atoms with Crippen molar-refractivity contribution in [2.75, 3.05) is 13.2 Å². The minimum Gasteiger partial charge on any atom is -0.381 e. The summed E-state index contributed by atoms with van der Waals surface area (Å²) in [6.45, 7) is 11.4. The topological polar surface area (TPSA) is 9.23 Å². The van der Waals surface area contributed by atoms with Gasteiger partial charge >= 0.3 is 0 Å². The molecular weight excluding hydrogens is 184 g/mol. The maximum atomic E-state index is 5.70. The normalized spacial score (nSPS) is 27.6. The third-order valence-corrected chi connectivity index (χ3v) is 4.03. The molecule has 1 unspecified atom stereocenters. The SMILES string of the molecule is CC(C)CCCC1(C(C)C)CCCOC1. The van der Waals surface area contributed by atoms with Gasteiger partial charge in [0, 0.05) is 6.61 Å². The number of rotatable bonds is 5. The van der Waals surface area contributed by atoms with E-state index in [1.807, 2.05) is 0 Å². The van der Waals surface area contributed by atoms with Crippen molar-refractivity contribution < 1.29 is 4.74 Å². The Morgan fingerprint density at radius 2 is 1.93 bits per heavy atom. The van der Waals surface area contributed by atoms with Gasteiger partial charge in [-0.05, 0) is 36.5 Å². The van der Waals surface area contributed by atoms with Crippen LogP contribution in [-0.4, -0.2) is 13.2 Å². The first-order valence-corrected chi connectivity index (χ1v) is 6.64. The number of ether oxygens (including phenoxy) is 1. The fourth-order valence-electron chi connectivity index (χ4n) is 2.68. The lowest BCUT2D eigenvalue weighted by Gasteiger charge is -2.41. The van der Waals surface area contributed by atoms with E-state index in [9.17, 15) is 0 Å². The second-order valence-corrected chi connectivity index (χ2v) is 5.96. The van der Waals surface area contributed by atoms with Crippen molar-refractivity contribution in [2.24, 2.45) is 17.3 Å². The zero-order valence-electron chi connectivity index (χ0n) is 11.0. The molecule has 0 saturated carbocycles. The summed E-state index contributed by atoms with van der Waals surface area (Å²) in [6.07, 6.45) is 6.75. The van der Waals surface area contributed by atoms with E-state index in [-0.39, 0.29) is 0 Å². The van der Waals surface area contributed by atoms with Crippen molar-refractivity contribution in [1.29, 1.82) is 0 Å². The lowest BCUT2D eigenvalue weighted by Crippen LogP contribution is -2.36. The second kappa shape index (κ2) is 5.89. The molecule has 1 heterocycles. The summed E-state index contributed by atoms with van der Waals surface area (Å²) >= 11 is 0. The van der Waals surface area contributed by atoms with E-state index in [0.29, 0.717) is 5.41 Å². The Morgan fingerprint density at radius 3 is 2.40 bits per heavy atom. The molecule has 0 amide bonds. The predicted molar refractivity (Wildman–Crippen MR) is 66.0 cm³/mol. The van der Waals surface area contributed by atoms with Crippen molar-refractivity contribution in [3.05, 3.63) is 0 Å². The van der Waals surface area contributed by atoms with Crippen molar-refractivity contribution in [3.8, 4) is 0 Å². The van der Waals surface area contributed by atoms with E-state index < -0.39 is 0 Å². The van der Waals surface area contributed by atoms with Gasteiger partial charge in [0.15, 0.2) is 0 Å². The molecule has 0 N–H and O–H groups in total. The molecule has 1 rings (SSSR count). The van der Waals surface area contributed by atoms with Gasteiger partial charge in [-0.1, -0.05) is 40.5 Å². The van der Waals surface area contributed by atoms with Gasteiger partial charge < -0.3 is 4.74 Å². The van der Waals surface area contributed by atoms with Gasteiger partial charge in [0.25, 0.3) is 0 Å². The van der Waals surface area contributed by atoms with Gasteiger partial charge in [-0.15, -0.1) is 0 Å². The van der Waals surface area contributed by atoms with Gasteiger partial charge in [0.1, 0.15) is 0 Å². The van der Waals surface area contributed by atoms with Crippen molar-refractivity contribution in [1.82, 2.24) is 0 Å².